The van der Waals surface area contributed by atoms with E-state index in [0.29, 0.717) is 0 Å². The van der Waals surface area contributed by atoms with Crippen molar-refractivity contribution < 1.29 is 47.7 Å². The van der Waals surface area contributed by atoms with Gasteiger partial charge in [-0.25, -0.2) is 0 Å². The fourth-order valence-electron chi connectivity index (χ4n) is 2.76. The number of ether oxygens (including phenoxy) is 5. The fraction of sp³-hybridized carbons (Fsp3) is 0.632. The minimum atomic E-state index is -1.42. The molecule has 0 aliphatic carbocycles. The Morgan fingerprint density at radius 2 is 1.47 bits per heavy atom. The summed E-state index contributed by atoms with van der Waals surface area (Å²) in [4.78, 5) is 58.4. The van der Waals surface area contributed by atoms with E-state index >= 15 is 0 Å². The van der Waals surface area contributed by atoms with E-state index < -0.39 is 60.4 Å². The van der Waals surface area contributed by atoms with E-state index in [9.17, 15) is 24.0 Å². The van der Waals surface area contributed by atoms with Crippen LogP contribution in [0.5, 0.6) is 0 Å². The number of rotatable bonds is 8. The second kappa shape index (κ2) is 11.8. The van der Waals surface area contributed by atoms with Gasteiger partial charge in [-0.1, -0.05) is 0 Å². The van der Waals surface area contributed by atoms with Crippen LogP contribution in [0.25, 0.3) is 0 Å². The molecule has 1 heterocycles. The zero-order chi connectivity index (χ0) is 22.8. The lowest BCUT2D eigenvalue weighted by Gasteiger charge is -2.44. The zero-order valence-corrected chi connectivity index (χ0v) is 17.2. The van der Waals surface area contributed by atoms with E-state index in [-0.39, 0.29) is 19.4 Å². The van der Waals surface area contributed by atoms with Gasteiger partial charge in [-0.05, 0) is 0 Å². The normalized spacial score (nSPS) is 25.2. The van der Waals surface area contributed by atoms with Crippen LogP contribution in [0.4, 0.5) is 0 Å². The highest BCUT2D eigenvalue weighted by atomic mass is 16.7. The van der Waals surface area contributed by atoms with Crippen LogP contribution >= 0.6 is 0 Å². The van der Waals surface area contributed by atoms with Crippen molar-refractivity contribution in [2.45, 2.75) is 71.2 Å². The van der Waals surface area contributed by atoms with Crippen LogP contribution in [0.2, 0.25) is 0 Å². The van der Waals surface area contributed by atoms with Crippen molar-refractivity contribution in [3.63, 3.8) is 0 Å². The highest BCUT2D eigenvalue weighted by Gasteiger charge is 2.52. The first-order valence-corrected chi connectivity index (χ1v) is 9.08. The highest BCUT2D eigenvalue weighted by Crippen LogP contribution is 2.28. The summed E-state index contributed by atoms with van der Waals surface area (Å²) in [5.41, 5.74) is 0. The van der Waals surface area contributed by atoms with Gasteiger partial charge in [0.05, 0.1) is 0 Å². The maximum atomic E-state index is 12.2. The summed E-state index contributed by atoms with van der Waals surface area (Å²) in [6, 6.07) is -1.22. The van der Waals surface area contributed by atoms with Crippen molar-refractivity contribution in [1.29, 1.82) is 0 Å². The molecule has 1 amide bonds. The Kier molecular flexibility index (Phi) is 9.77. The van der Waals surface area contributed by atoms with Crippen LogP contribution in [0, 0.1) is 12.3 Å². The fourth-order valence-corrected chi connectivity index (χ4v) is 2.76. The maximum absolute atomic E-state index is 12.2. The summed E-state index contributed by atoms with van der Waals surface area (Å²) < 4.78 is 26.2. The second-order valence-corrected chi connectivity index (χ2v) is 6.40. The van der Waals surface area contributed by atoms with E-state index in [4.69, 9.17) is 30.1 Å². The van der Waals surface area contributed by atoms with E-state index in [1.54, 1.807) is 0 Å². The predicted molar refractivity (Wildman–Crippen MR) is 98.2 cm³/mol. The monoisotopic (exact) mass is 427 g/mol. The van der Waals surface area contributed by atoms with Gasteiger partial charge in [0.2, 0.25) is 12.2 Å². The van der Waals surface area contributed by atoms with Crippen molar-refractivity contribution in [2.75, 3.05) is 6.61 Å². The maximum Gasteiger partial charge on any atom is 0.305 e. The lowest BCUT2D eigenvalue weighted by molar-refractivity contribution is -0.271. The van der Waals surface area contributed by atoms with E-state index in [0.717, 1.165) is 27.7 Å². The Morgan fingerprint density at radius 1 is 0.900 bits per heavy atom. The molecule has 0 aromatic rings. The van der Waals surface area contributed by atoms with Gasteiger partial charge in [0.15, 0.2) is 12.2 Å². The summed E-state index contributed by atoms with van der Waals surface area (Å²) in [6.45, 7) is 4.11. The molecular formula is C19H25NO10. The van der Waals surface area contributed by atoms with Crippen LogP contribution in [0.15, 0.2) is 0 Å². The molecule has 0 radical (unpaired) electrons. The molecule has 11 nitrogen and oxygen atoms in total. The van der Waals surface area contributed by atoms with Crippen molar-refractivity contribution in [3.8, 4) is 12.3 Å². The van der Waals surface area contributed by atoms with Gasteiger partial charge in [-0.2, -0.15) is 0 Å². The van der Waals surface area contributed by atoms with Crippen LogP contribution in [0.1, 0.15) is 40.5 Å². The molecule has 0 unspecified atom stereocenters. The molecule has 1 aliphatic heterocycles. The summed E-state index contributed by atoms with van der Waals surface area (Å²) in [5.74, 6) is -1.10. The highest BCUT2D eigenvalue weighted by molar-refractivity contribution is 5.77. The lowest BCUT2D eigenvalue weighted by Crippen LogP contribution is -2.67. The third-order valence-corrected chi connectivity index (χ3v) is 3.81. The average molecular weight is 427 g/mol. The SMILES string of the molecule is C#CCCC(=O)N[C@H]1[C@@H](OC(C)=O)O[C@H](COC(C)=O)[C@@H](OC(C)=O)[C@@H]1OC(C)=O. The molecule has 1 rings (SSSR count). The first-order valence-electron chi connectivity index (χ1n) is 9.08. The van der Waals surface area contributed by atoms with Gasteiger partial charge >= 0.3 is 23.9 Å². The molecule has 1 saturated heterocycles. The van der Waals surface area contributed by atoms with E-state index in [1.165, 1.54) is 0 Å². The topological polar surface area (TPSA) is 144 Å². The number of carbonyl (C=O) groups excluding carboxylic acids is 5. The largest absolute Gasteiger partial charge is 0.463 e. The van der Waals surface area contributed by atoms with Crippen molar-refractivity contribution in [3.05, 3.63) is 0 Å². The molecule has 166 valence electrons. The molecule has 30 heavy (non-hydrogen) atoms. The van der Waals surface area contributed by atoms with Crippen molar-refractivity contribution in [2.24, 2.45) is 0 Å². The van der Waals surface area contributed by atoms with Gasteiger partial charge in [-0.3, -0.25) is 24.0 Å². The Morgan fingerprint density at radius 3 is 1.97 bits per heavy atom. The molecule has 11 heteroatoms. The molecule has 1 aliphatic rings. The molecular weight excluding hydrogens is 402 g/mol. The molecule has 1 N–H and O–H groups in total. The predicted octanol–water partition coefficient (Wildman–Crippen LogP) is -0.401. The number of amides is 1. The Balaban J connectivity index is 3.30. The minimum Gasteiger partial charge on any atom is -0.463 e. The smallest absolute Gasteiger partial charge is 0.305 e. The second-order valence-electron chi connectivity index (χ2n) is 6.40. The number of nitrogens with one attached hydrogen (secondary N) is 1. The van der Waals surface area contributed by atoms with Crippen molar-refractivity contribution >= 4 is 29.8 Å². The van der Waals surface area contributed by atoms with Gasteiger partial charge in [0.25, 0.3) is 0 Å². The number of terminal acetylenes is 1. The Labute approximate surface area is 173 Å². The standard InChI is InChI=1S/C19H25NO10/c1-6-7-8-15(25)20-16-18(28-12(4)23)17(27-11(3)22)14(9-26-10(2)21)30-19(16)29-13(5)24/h1,14,16-19H,7-9H2,2-5H3,(H,20,25)/t14-,16-,17-,18-,19+/m1/s1. The first kappa shape index (κ1) is 24.9. The summed E-state index contributed by atoms with van der Waals surface area (Å²) >= 11 is 0. The number of hydrogen-bond donors (Lipinski definition) is 1. The van der Waals surface area contributed by atoms with Gasteiger partial charge in [-0.15, -0.1) is 12.3 Å². The van der Waals surface area contributed by atoms with E-state index in [2.05, 4.69) is 11.2 Å². The third kappa shape index (κ3) is 8.08. The first-order chi connectivity index (χ1) is 14.0. The van der Waals surface area contributed by atoms with Gasteiger partial charge in [0, 0.05) is 40.5 Å². The number of esters is 4. The average Bonchev–Trinajstić information content (AvgIpc) is 2.62. The number of hydrogen-bond acceptors (Lipinski definition) is 10. The lowest BCUT2D eigenvalue weighted by atomic mass is 9.96. The van der Waals surface area contributed by atoms with E-state index in [1.807, 2.05) is 0 Å². The summed E-state index contributed by atoms with van der Waals surface area (Å²) in [5, 5.41) is 2.54. The zero-order valence-electron chi connectivity index (χ0n) is 17.2. The third-order valence-electron chi connectivity index (χ3n) is 3.81. The quantitative estimate of drug-likeness (QED) is 0.309. The molecule has 0 bridgehead atoms. The van der Waals surface area contributed by atoms with Crippen LogP contribution < -0.4 is 5.32 Å². The van der Waals surface area contributed by atoms with Crippen molar-refractivity contribution in [1.82, 2.24) is 5.32 Å². The Bertz CT molecular complexity index is 713. The number of carbonyl (C=O) groups is 5. The Hall–Kier alpha value is -3.13. The molecule has 1 fully saturated rings. The van der Waals surface area contributed by atoms with Gasteiger partial charge < -0.3 is 29.0 Å². The molecule has 0 spiro atoms. The summed E-state index contributed by atoms with van der Waals surface area (Å²) in [7, 11) is 0. The van der Waals surface area contributed by atoms with Crippen LogP contribution in [-0.2, 0) is 47.7 Å². The van der Waals surface area contributed by atoms with Crippen LogP contribution in [-0.4, -0.2) is 67.0 Å². The molecule has 0 aromatic heterocycles. The minimum absolute atomic E-state index is 0.0539. The molecule has 0 aromatic carbocycles. The molecule has 5 atom stereocenters. The van der Waals surface area contributed by atoms with Crippen LogP contribution in [0.3, 0.4) is 0 Å². The summed E-state index contributed by atoms with van der Waals surface area (Å²) in [6.07, 6.45) is 0.0964. The van der Waals surface area contributed by atoms with Gasteiger partial charge in [0.1, 0.15) is 18.8 Å². The molecule has 0 saturated carbocycles.